The highest BCUT2D eigenvalue weighted by Crippen LogP contribution is 2.39. The third-order valence-corrected chi connectivity index (χ3v) is 2.98. The molecule has 3 nitrogen and oxygen atoms in total. The lowest BCUT2D eigenvalue weighted by Gasteiger charge is -2.24. The SMILES string of the molecule is COc1cccc(CC(C)(C)C(=O)O)c1C(C)(F)F. The summed E-state index contributed by atoms with van der Waals surface area (Å²) in [5.74, 6) is -4.04. The van der Waals surface area contributed by atoms with E-state index in [2.05, 4.69) is 0 Å². The lowest BCUT2D eigenvalue weighted by atomic mass is 9.83. The van der Waals surface area contributed by atoms with E-state index in [9.17, 15) is 13.6 Å². The van der Waals surface area contributed by atoms with E-state index in [-0.39, 0.29) is 17.7 Å². The Balaban J connectivity index is 3.33. The molecule has 0 heterocycles. The molecule has 1 aromatic rings. The molecule has 0 spiro atoms. The maximum absolute atomic E-state index is 13.7. The number of rotatable bonds is 5. The van der Waals surface area contributed by atoms with Crippen LogP contribution in [0.4, 0.5) is 8.78 Å². The van der Waals surface area contributed by atoms with Crippen molar-refractivity contribution in [2.75, 3.05) is 7.11 Å². The van der Waals surface area contributed by atoms with E-state index >= 15 is 0 Å². The summed E-state index contributed by atoms with van der Waals surface area (Å²) in [4.78, 5) is 11.1. The standard InChI is InChI=1S/C14H18F2O3/c1-13(2,12(17)18)8-9-6-5-7-10(19-4)11(9)14(3,15)16/h5-7H,8H2,1-4H3,(H,17,18). The molecule has 0 aliphatic rings. The number of methoxy groups -OCH3 is 1. The molecule has 1 aromatic carbocycles. The number of hydrogen-bond donors (Lipinski definition) is 1. The molecule has 0 aromatic heterocycles. The summed E-state index contributed by atoms with van der Waals surface area (Å²) in [7, 11) is 1.32. The molecular formula is C14H18F2O3. The Morgan fingerprint density at radius 2 is 1.89 bits per heavy atom. The van der Waals surface area contributed by atoms with Crippen molar-refractivity contribution in [3.63, 3.8) is 0 Å². The van der Waals surface area contributed by atoms with Gasteiger partial charge in [0.05, 0.1) is 18.1 Å². The van der Waals surface area contributed by atoms with Crippen LogP contribution in [0.5, 0.6) is 5.75 Å². The smallest absolute Gasteiger partial charge is 0.309 e. The summed E-state index contributed by atoms with van der Waals surface area (Å²) in [5, 5.41) is 9.10. The summed E-state index contributed by atoms with van der Waals surface area (Å²) in [6, 6.07) is 4.55. The van der Waals surface area contributed by atoms with Crippen molar-refractivity contribution in [1.82, 2.24) is 0 Å². The van der Waals surface area contributed by atoms with Gasteiger partial charge in [0.25, 0.3) is 5.92 Å². The Kier molecular flexibility index (Phi) is 4.18. The molecule has 106 valence electrons. The van der Waals surface area contributed by atoms with Crippen molar-refractivity contribution in [3.8, 4) is 5.75 Å². The van der Waals surface area contributed by atoms with Crippen LogP contribution in [-0.4, -0.2) is 18.2 Å². The zero-order valence-corrected chi connectivity index (χ0v) is 11.5. The van der Waals surface area contributed by atoms with Crippen molar-refractivity contribution in [2.24, 2.45) is 5.41 Å². The molecule has 19 heavy (non-hydrogen) atoms. The first-order valence-corrected chi connectivity index (χ1v) is 5.87. The summed E-state index contributed by atoms with van der Waals surface area (Å²) < 4.78 is 32.4. The second-order valence-corrected chi connectivity index (χ2v) is 5.25. The minimum Gasteiger partial charge on any atom is -0.496 e. The minimum absolute atomic E-state index is 0.0122. The van der Waals surface area contributed by atoms with Gasteiger partial charge >= 0.3 is 5.97 Å². The van der Waals surface area contributed by atoms with Gasteiger partial charge in [-0.25, -0.2) is 8.78 Å². The Morgan fingerprint density at radius 1 is 1.32 bits per heavy atom. The molecule has 0 aliphatic heterocycles. The predicted molar refractivity (Wildman–Crippen MR) is 67.7 cm³/mol. The second-order valence-electron chi connectivity index (χ2n) is 5.25. The number of benzene rings is 1. The lowest BCUT2D eigenvalue weighted by molar-refractivity contribution is -0.146. The van der Waals surface area contributed by atoms with Gasteiger partial charge in [0, 0.05) is 6.92 Å². The van der Waals surface area contributed by atoms with E-state index in [4.69, 9.17) is 9.84 Å². The van der Waals surface area contributed by atoms with Crippen LogP contribution in [0.2, 0.25) is 0 Å². The maximum atomic E-state index is 13.7. The molecule has 1 rings (SSSR count). The van der Waals surface area contributed by atoms with Crippen LogP contribution in [-0.2, 0) is 17.1 Å². The van der Waals surface area contributed by atoms with E-state index in [1.807, 2.05) is 0 Å². The van der Waals surface area contributed by atoms with Gasteiger partial charge in [-0.3, -0.25) is 4.79 Å². The molecular weight excluding hydrogens is 254 g/mol. The molecule has 0 unspecified atom stereocenters. The van der Waals surface area contributed by atoms with E-state index in [1.54, 1.807) is 6.07 Å². The maximum Gasteiger partial charge on any atom is 0.309 e. The molecule has 0 fully saturated rings. The molecule has 0 bridgehead atoms. The zero-order valence-electron chi connectivity index (χ0n) is 11.5. The molecule has 5 heteroatoms. The van der Waals surface area contributed by atoms with Gasteiger partial charge in [-0.1, -0.05) is 12.1 Å². The van der Waals surface area contributed by atoms with Gasteiger partial charge in [-0.15, -0.1) is 0 Å². The largest absolute Gasteiger partial charge is 0.496 e. The number of aliphatic carboxylic acids is 1. The van der Waals surface area contributed by atoms with Crippen molar-refractivity contribution in [2.45, 2.75) is 33.1 Å². The number of hydrogen-bond acceptors (Lipinski definition) is 2. The molecule has 0 radical (unpaired) electrons. The first kappa shape index (κ1) is 15.4. The Bertz CT molecular complexity index is 476. The molecule has 0 atom stereocenters. The number of carboxylic acids is 1. The van der Waals surface area contributed by atoms with Gasteiger partial charge in [0.1, 0.15) is 5.75 Å². The minimum atomic E-state index is -3.09. The van der Waals surface area contributed by atoms with Crippen molar-refractivity contribution in [1.29, 1.82) is 0 Å². The fourth-order valence-electron chi connectivity index (χ4n) is 1.94. The number of carboxylic acid groups (broad SMARTS) is 1. The van der Waals surface area contributed by atoms with Gasteiger partial charge < -0.3 is 9.84 Å². The van der Waals surface area contributed by atoms with Crippen molar-refractivity contribution < 1.29 is 23.4 Å². The summed E-state index contributed by atoms with van der Waals surface area (Å²) in [6.07, 6.45) is 0.0122. The quantitative estimate of drug-likeness (QED) is 0.892. The normalized spacial score (nSPS) is 12.3. The van der Waals surface area contributed by atoms with E-state index in [1.165, 1.54) is 33.1 Å². The first-order valence-electron chi connectivity index (χ1n) is 5.87. The molecule has 1 N–H and O–H groups in total. The van der Waals surface area contributed by atoms with Crippen LogP contribution in [0.1, 0.15) is 31.9 Å². The highest BCUT2D eigenvalue weighted by molar-refractivity contribution is 5.74. The lowest BCUT2D eigenvalue weighted by Crippen LogP contribution is -2.27. The summed E-state index contributed by atoms with van der Waals surface area (Å²) >= 11 is 0. The van der Waals surface area contributed by atoms with Crippen LogP contribution in [0.25, 0.3) is 0 Å². The molecule has 0 amide bonds. The van der Waals surface area contributed by atoms with Crippen molar-refractivity contribution >= 4 is 5.97 Å². The number of carbonyl (C=O) groups is 1. The van der Waals surface area contributed by atoms with Crippen LogP contribution in [0, 0.1) is 5.41 Å². The predicted octanol–water partition coefficient (Wildman–Crippen LogP) is 3.46. The van der Waals surface area contributed by atoms with Crippen LogP contribution < -0.4 is 4.74 Å². The van der Waals surface area contributed by atoms with E-state index < -0.39 is 17.3 Å². The second kappa shape index (κ2) is 5.15. The highest BCUT2D eigenvalue weighted by Gasteiger charge is 2.35. The number of halogens is 2. The van der Waals surface area contributed by atoms with Crippen LogP contribution in [0.3, 0.4) is 0 Å². The fourth-order valence-corrected chi connectivity index (χ4v) is 1.94. The Morgan fingerprint density at radius 3 is 2.32 bits per heavy atom. The van der Waals surface area contributed by atoms with E-state index in [0.29, 0.717) is 5.56 Å². The van der Waals surface area contributed by atoms with Gasteiger partial charge in [-0.2, -0.15) is 0 Å². The monoisotopic (exact) mass is 272 g/mol. The number of alkyl halides is 2. The van der Waals surface area contributed by atoms with Gasteiger partial charge in [0.2, 0.25) is 0 Å². The summed E-state index contributed by atoms with van der Waals surface area (Å²) in [6.45, 7) is 3.79. The number of ether oxygens (including phenoxy) is 1. The molecule has 0 saturated heterocycles. The van der Waals surface area contributed by atoms with Crippen LogP contribution >= 0.6 is 0 Å². The third kappa shape index (κ3) is 3.43. The fraction of sp³-hybridized carbons (Fsp3) is 0.500. The molecule has 0 aliphatic carbocycles. The average molecular weight is 272 g/mol. The zero-order chi connectivity index (χ0) is 14.8. The average Bonchev–Trinajstić information content (AvgIpc) is 2.26. The van der Waals surface area contributed by atoms with E-state index in [0.717, 1.165) is 6.92 Å². The van der Waals surface area contributed by atoms with Crippen molar-refractivity contribution in [3.05, 3.63) is 29.3 Å². The Labute approximate surface area is 111 Å². The summed E-state index contributed by atoms with van der Waals surface area (Å²) in [5.41, 5.74) is -1.07. The van der Waals surface area contributed by atoms with Gasteiger partial charge in [0.15, 0.2) is 0 Å². The van der Waals surface area contributed by atoms with Crippen LogP contribution in [0.15, 0.2) is 18.2 Å². The first-order chi connectivity index (χ1) is 8.59. The topological polar surface area (TPSA) is 46.5 Å². The van der Waals surface area contributed by atoms with Gasteiger partial charge in [-0.05, 0) is 31.9 Å². The molecule has 0 saturated carbocycles. The Hall–Kier alpha value is -1.65. The third-order valence-electron chi connectivity index (χ3n) is 2.98. The highest BCUT2D eigenvalue weighted by atomic mass is 19.3.